The van der Waals surface area contributed by atoms with Crippen molar-refractivity contribution in [1.82, 2.24) is 5.32 Å². The zero-order valence-electron chi connectivity index (χ0n) is 11.5. The molecule has 1 aliphatic rings. The van der Waals surface area contributed by atoms with Crippen molar-refractivity contribution in [2.24, 2.45) is 11.8 Å². The Balaban J connectivity index is 2.69. The van der Waals surface area contributed by atoms with Crippen molar-refractivity contribution >= 4 is 5.97 Å². The first-order valence-electron chi connectivity index (χ1n) is 6.57. The van der Waals surface area contributed by atoms with E-state index in [-0.39, 0.29) is 12.0 Å². The average molecular weight is 239 g/mol. The number of allylic oxidation sites excluding steroid dienone is 2. The summed E-state index contributed by atoms with van der Waals surface area (Å²) in [5, 5.41) is 3.33. The van der Waals surface area contributed by atoms with Gasteiger partial charge in [0.15, 0.2) is 0 Å². The summed E-state index contributed by atoms with van der Waals surface area (Å²) < 4.78 is 4.91. The molecule has 0 spiro atoms. The number of carbonyl (C=O) groups is 1. The molecule has 0 saturated heterocycles. The molecule has 0 aromatic heterocycles. The lowest BCUT2D eigenvalue weighted by Crippen LogP contribution is -2.45. The second-order valence-corrected chi connectivity index (χ2v) is 5.15. The molecule has 1 N–H and O–H groups in total. The van der Waals surface area contributed by atoms with E-state index in [9.17, 15) is 4.79 Å². The van der Waals surface area contributed by atoms with Crippen LogP contribution in [0.3, 0.4) is 0 Å². The van der Waals surface area contributed by atoms with Crippen LogP contribution in [-0.2, 0) is 9.53 Å². The number of methoxy groups -OCH3 is 1. The van der Waals surface area contributed by atoms with Gasteiger partial charge in [0, 0.05) is 0 Å². The molecule has 17 heavy (non-hydrogen) atoms. The van der Waals surface area contributed by atoms with Crippen molar-refractivity contribution in [3.8, 4) is 0 Å². The Morgan fingerprint density at radius 3 is 2.88 bits per heavy atom. The van der Waals surface area contributed by atoms with Crippen LogP contribution in [0.5, 0.6) is 0 Å². The first-order chi connectivity index (χ1) is 8.08. The van der Waals surface area contributed by atoms with Crippen molar-refractivity contribution in [2.45, 2.75) is 46.1 Å². The SMILES string of the molecule is CCCNC(C(=O)OC)C1CC(C)=CC(C)C1. The number of carbonyl (C=O) groups excluding carboxylic acids is 1. The Morgan fingerprint density at radius 2 is 2.35 bits per heavy atom. The van der Waals surface area contributed by atoms with Crippen LogP contribution < -0.4 is 5.32 Å². The van der Waals surface area contributed by atoms with Gasteiger partial charge in [0.25, 0.3) is 0 Å². The highest BCUT2D eigenvalue weighted by molar-refractivity contribution is 5.76. The van der Waals surface area contributed by atoms with Gasteiger partial charge in [-0.05, 0) is 44.6 Å². The number of hydrogen-bond acceptors (Lipinski definition) is 3. The van der Waals surface area contributed by atoms with Crippen LogP contribution in [0.25, 0.3) is 0 Å². The van der Waals surface area contributed by atoms with Crippen molar-refractivity contribution < 1.29 is 9.53 Å². The zero-order chi connectivity index (χ0) is 12.8. The van der Waals surface area contributed by atoms with Crippen molar-refractivity contribution in [3.63, 3.8) is 0 Å². The number of rotatable bonds is 5. The molecule has 3 unspecified atom stereocenters. The number of ether oxygens (including phenoxy) is 1. The van der Waals surface area contributed by atoms with Gasteiger partial charge in [0.1, 0.15) is 6.04 Å². The van der Waals surface area contributed by atoms with E-state index >= 15 is 0 Å². The molecule has 1 rings (SSSR count). The Morgan fingerprint density at radius 1 is 1.65 bits per heavy atom. The Hall–Kier alpha value is -0.830. The van der Waals surface area contributed by atoms with E-state index < -0.39 is 0 Å². The Labute approximate surface area is 105 Å². The Kier molecular flexibility index (Phi) is 5.69. The van der Waals surface area contributed by atoms with Gasteiger partial charge in [-0.25, -0.2) is 0 Å². The average Bonchev–Trinajstić information content (AvgIpc) is 2.28. The normalized spacial score (nSPS) is 26.2. The molecule has 1 aliphatic carbocycles. The molecule has 0 aromatic carbocycles. The molecule has 3 heteroatoms. The molecular weight excluding hydrogens is 214 g/mol. The van der Waals surface area contributed by atoms with E-state index in [1.807, 2.05) is 0 Å². The van der Waals surface area contributed by atoms with Crippen LogP contribution in [0.15, 0.2) is 11.6 Å². The minimum atomic E-state index is -0.147. The summed E-state index contributed by atoms with van der Waals surface area (Å²) in [5.74, 6) is 0.809. The smallest absolute Gasteiger partial charge is 0.323 e. The van der Waals surface area contributed by atoms with Crippen molar-refractivity contribution in [3.05, 3.63) is 11.6 Å². The maximum atomic E-state index is 11.8. The molecule has 3 nitrogen and oxygen atoms in total. The van der Waals surface area contributed by atoms with E-state index in [2.05, 4.69) is 32.2 Å². The topological polar surface area (TPSA) is 38.3 Å². The minimum Gasteiger partial charge on any atom is -0.468 e. The summed E-state index contributed by atoms with van der Waals surface area (Å²) in [7, 11) is 1.47. The van der Waals surface area contributed by atoms with Gasteiger partial charge < -0.3 is 10.1 Å². The van der Waals surface area contributed by atoms with Crippen LogP contribution in [-0.4, -0.2) is 25.7 Å². The second kappa shape index (κ2) is 6.80. The fourth-order valence-corrected chi connectivity index (χ4v) is 2.72. The molecule has 0 bridgehead atoms. The monoisotopic (exact) mass is 239 g/mol. The lowest BCUT2D eigenvalue weighted by molar-refractivity contribution is -0.144. The summed E-state index contributed by atoms with van der Waals surface area (Å²) in [5.41, 5.74) is 1.39. The van der Waals surface area contributed by atoms with Gasteiger partial charge >= 0.3 is 5.97 Å². The third-order valence-corrected chi connectivity index (χ3v) is 3.37. The Bertz CT molecular complexity index is 286. The molecule has 0 aliphatic heterocycles. The summed E-state index contributed by atoms with van der Waals surface area (Å²) >= 11 is 0. The first kappa shape index (κ1) is 14.2. The van der Waals surface area contributed by atoms with Gasteiger partial charge in [-0.3, -0.25) is 4.79 Å². The van der Waals surface area contributed by atoms with Crippen molar-refractivity contribution in [1.29, 1.82) is 0 Å². The predicted molar refractivity (Wildman–Crippen MR) is 69.7 cm³/mol. The maximum Gasteiger partial charge on any atom is 0.323 e. The van der Waals surface area contributed by atoms with Gasteiger partial charge in [-0.1, -0.05) is 25.5 Å². The standard InChI is InChI=1S/C14H25NO2/c1-5-6-15-13(14(16)17-4)12-8-10(2)7-11(3)9-12/h7,10,12-13,15H,5-6,8-9H2,1-4H3. The summed E-state index contributed by atoms with van der Waals surface area (Å²) in [6.45, 7) is 7.34. The van der Waals surface area contributed by atoms with Crippen LogP contribution in [0.2, 0.25) is 0 Å². The van der Waals surface area contributed by atoms with Crippen LogP contribution >= 0.6 is 0 Å². The fourth-order valence-electron chi connectivity index (χ4n) is 2.72. The van der Waals surface area contributed by atoms with Crippen molar-refractivity contribution in [2.75, 3.05) is 13.7 Å². The molecule has 0 fully saturated rings. The first-order valence-corrected chi connectivity index (χ1v) is 6.57. The summed E-state index contributed by atoms with van der Waals surface area (Å²) in [6, 6.07) is -0.147. The second-order valence-electron chi connectivity index (χ2n) is 5.15. The van der Waals surface area contributed by atoms with Gasteiger partial charge in [-0.2, -0.15) is 0 Å². The van der Waals surface area contributed by atoms with E-state index in [0.29, 0.717) is 11.8 Å². The zero-order valence-corrected chi connectivity index (χ0v) is 11.5. The largest absolute Gasteiger partial charge is 0.468 e. The third-order valence-electron chi connectivity index (χ3n) is 3.37. The number of esters is 1. The minimum absolute atomic E-state index is 0.120. The molecule has 0 heterocycles. The lowest BCUT2D eigenvalue weighted by Gasteiger charge is -2.31. The van der Waals surface area contributed by atoms with Crippen LogP contribution in [0.1, 0.15) is 40.0 Å². The lowest BCUT2D eigenvalue weighted by atomic mass is 9.79. The fraction of sp³-hybridized carbons (Fsp3) is 0.786. The molecule has 0 saturated carbocycles. The predicted octanol–water partition coefficient (Wildman–Crippen LogP) is 2.52. The van der Waals surface area contributed by atoms with E-state index in [4.69, 9.17) is 4.74 Å². The third kappa shape index (κ3) is 4.15. The van der Waals surface area contributed by atoms with Gasteiger partial charge in [0.2, 0.25) is 0 Å². The highest BCUT2D eigenvalue weighted by Gasteiger charge is 2.31. The molecule has 98 valence electrons. The highest BCUT2D eigenvalue weighted by atomic mass is 16.5. The van der Waals surface area contributed by atoms with E-state index in [1.54, 1.807) is 0 Å². The maximum absolute atomic E-state index is 11.8. The molecular formula is C14H25NO2. The molecule has 3 atom stereocenters. The molecule has 0 aromatic rings. The van der Waals surface area contributed by atoms with E-state index in [1.165, 1.54) is 12.7 Å². The van der Waals surface area contributed by atoms with Gasteiger partial charge in [-0.15, -0.1) is 0 Å². The van der Waals surface area contributed by atoms with E-state index in [0.717, 1.165) is 25.8 Å². The quantitative estimate of drug-likeness (QED) is 0.592. The number of hydrogen-bond donors (Lipinski definition) is 1. The van der Waals surface area contributed by atoms with Gasteiger partial charge in [0.05, 0.1) is 7.11 Å². The number of nitrogens with one attached hydrogen (secondary N) is 1. The summed E-state index contributed by atoms with van der Waals surface area (Å²) in [4.78, 5) is 11.8. The van der Waals surface area contributed by atoms with Crippen LogP contribution in [0.4, 0.5) is 0 Å². The summed E-state index contributed by atoms with van der Waals surface area (Å²) in [6.07, 6.45) is 5.41. The molecule has 0 radical (unpaired) electrons. The molecule has 0 amide bonds. The van der Waals surface area contributed by atoms with Crippen LogP contribution in [0, 0.1) is 11.8 Å². The highest BCUT2D eigenvalue weighted by Crippen LogP contribution is 2.30.